The highest BCUT2D eigenvalue weighted by molar-refractivity contribution is 6.16. The molecule has 0 fully saturated rings. The molecule has 0 unspecified atom stereocenters. The number of hydrogen-bond donors (Lipinski definition) is 0. The molecular weight excluding hydrogens is 248 g/mol. The van der Waals surface area contributed by atoms with Crippen LogP contribution in [0, 0.1) is 0 Å². The van der Waals surface area contributed by atoms with E-state index in [1.54, 1.807) is 4.68 Å². The maximum Gasteiger partial charge on any atom is 0.0974 e. The first-order valence-corrected chi connectivity index (χ1v) is 6.18. The van der Waals surface area contributed by atoms with Crippen molar-refractivity contribution in [2.75, 3.05) is 0 Å². The van der Waals surface area contributed by atoms with Crippen molar-refractivity contribution < 1.29 is 0 Å². The largest absolute Gasteiger partial charge is 0.256 e. The van der Waals surface area contributed by atoms with Crippen molar-refractivity contribution in [2.45, 2.75) is 12.4 Å². The van der Waals surface area contributed by atoms with Crippen LogP contribution in [0.15, 0.2) is 42.7 Å². The second-order valence-corrected chi connectivity index (χ2v) is 4.30. The summed E-state index contributed by atoms with van der Waals surface area (Å²) < 4.78 is 1.79. The second-order valence-electron chi connectivity index (χ2n) is 4.03. The van der Waals surface area contributed by atoms with Crippen LogP contribution < -0.4 is 0 Å². The van der Waals surface area contributed by atoms with E-state index in [2.05, 4.69) is 21.4 Å². The number of halogens is 1. The molecular formula is C13H11ClN4. The molecule has 2 aromatic heterocycles. The lowest BCUT2D eigenvalue weighted by atomic mass is 10.1. The van der Waals surface area contributed by atoms with Gasteiger partial charge in [-0.2, -0.15) is 0 Å². The Balaban J connectivity index is 1.99. The maximum atomic E-state index is 5.71. The van der Waals surface area contributed by atoms with Crippen molar-refractivity contribution in [1.82, 2.24) is 20.0 Å². The summed E-state index contributed by atoms with van der Waals surface area (Å²) in [5.74, 6) is 0.386. The molecule has 0 aliphatic rings. The van der Waals surface area contributed by atoms with Gasteiger partial charge in [0.1, 0.15) is 0 Å². The number of rotatable bonds is 3. The summed E-state index contributed by atoms with van der Waals surface area (Å²) in [4.78, 5) is 4.34. The normalized spacial score (nSPS) is 10.9. The lowest BCUT2D eigenvalue weighted by Gasteiger charge is -2.05. The molecule has 18 heavy (non-hydrogen) atoms. The highest BCUT2D eigenvalue weighted by Crippen LogP contribution is 2.17. The Labute approximate surface area is 109 Å². The summed E-state index contributed by atoms with van der Waals surface area (Å²) in [7, 11) is 0. The van der Waals surface area contributed by atoms with E-state index < -0.39 is 0 Å². The number of nitrogens with zero attached hydrogens (tertiary/aromatic N) is 4. The van der Waals surface area contributed by atoms with Gasteiger partial charge in [-0.1, -0.05) is 23.4 Å². The van der Waals surface area contributed by atoms with Gasteiger partial charge in [0.05, 0.1) is 29.8 Å². The van der Waals surface area contributed by atoms with Gasteiger partial charge in [-0.05, 0) is 17.7 Å². The molecule has 0 atom stereocenters. The van der Waals surface area contributed by atoms with Gasteiger partial charge < -0.3 is 0 Å². The Hall–Kier alpha value is -1.94. The molecule has 5 heteroatoms. The molecule has 0 N–H and O–H groups in total. The van der Waals surface area contributed by atoms with Crippen LogP contribution in [0.2, 0.25) is 0 Å². The summed E-state index contributed by atoms with van der Waals surface area (Å²) in [5, 5.41) is 9.17. The van der Waals surface area contributed by atoms with E-state index in [0.29, 0.717) is 12.4 Å². The van der Waals surface area contributed by atoms with Crippen LogP contribution in [0.25, 0.3) is 10.9 Å². The first-order valence-electron chi connectivity index (χ1n) is 5.64. The molecule has 3 aromatic rings. The average Bonchev–Trinajstić information content (AvgIpc) is 2.87. The lowest BCUT2D eigenvalue weighted by Crippen LogP contribution is -2.01. The zero-order chi connectivity index (χ0) is 12.4. The molecule has 0 saturated heterocycles. The van der Waals surface area contributed by atoms with Crippen LogP contribution >= 0.6 is 11.6 Å². The van der Waals surface area contributed by atoms with E-state index in [1.165, 1.54) is 5.56 Å². The molecule has 0 radical (unpaired) electrons. The first-order chi connectivity index (χ1) is 8.86. The van der Waals surface area contributed by atoms with Gasteiger partial charge in [0.2, 0.25) is 0 Å². The number of pyridine rings is 1. The minimum absolute atomic E-state index is 0.386. The Morgan fingerprint density at radius 3 is 2.89 bits per heavy atom. The highest BCUT2D eigenvalue weighted by atomic mass is 35.5. The third kappa shape index (κ3) is 2.07. The quantitative estimate of drug-likeness (QED) is 0.679. The van der Waals surface area contributed by atoms with Crippen molar-refractivity contribution >= 4 is 22.5 Å². The fourth-order valence-electron chi connectivity index (χ4n) is 1.94. The third-order valence-electron chi connectivity index (χ3n) is 2.79. The van der Waals surface area contributed by atoms with E-state index in [4.69, 9.17) is 11.6 Å². The van der Waals surface area contributed by atoms with Crippen LogP contribution in [-0.2, 0) is 12.4 Å². The molecule has 0 aliphatic carbocycles. The van der Waals surface area contributed by atoms with Crippen molar-refractivity contribution in [1.29, 1.82) is 0 Å². The van der Waals surface area contributed by atoms with Crippen LogP contribution in [0.4, 0.5) is 0 Å². The van der Waals surface area contributed by atoms with Crippen molar-refractivity contribution in [3.05, 3.63) is 54.0 Å². The molecule has 2 heterocycles. The molecule has 0 aliphatic heterocycles. The molecule has 90 valence electrons. The second kappa shape index (κ2) is 4.74. The molecule has 0 bridgehead atoms. The Morgan fingerprint density at radius 1 is 1.17 bits per heavy atom. The Bertz CT molecular complexity index is 672. The summed E-state index contributed by atoms with van der Waals surface area (Å²) in [6.45, 7) is 0.674. The third-order valence-corrected chi connectivity index (χ3v) is 3.07. The predicted molar refractivity (Wildman–Crippen MR) is 70.4 cm³/mol. The molecule has 0 spiro atoms. The molecule has 3 rings (SSSR count). The first kappa shape index (κ1) is 11.2. The van der Waals surface area contributed by atoms with Crippen molar-refractivity contribution in [2.24, 2.45) is 0 Å². The van der Waals surface area contributed by atoms with Crippen LogP contribution in [0.1, 0.15) is 11.3 Å². The Morgan fingerprint density at radius 2 is 2.06 bits per heavy atom. The zero-order valence-corrected chi connectivity index (χ0v) is 10.4. The summed E-state index contributed by atoms with van der Waals surface area (Å²) in [6, 6.07) is 10.1. The zero-order valence-electron chi connectivity index (χ0n) is 9.62. The number of alkyl halides is 1. The lowest BCUT2D eigenvalue weighted by molar-refractivity contribution is 0.652. The summed E-state index contributed by atoms with van der Waals surface area (Å²) in [6.07, 6.45) is 3.68. The van der Waals surface area contributed by atoms with Crippen molar-refractivity contribution in [3.63, 3.8) is 0 Å². The van der Waals surface area contributed by atoms with Gasteiger partial charge in [0.25, 0.3) is 0 Å². The van der Waals surface area contributed by atoms with Gasteiger partial charge in [-0.3, -0.25) is 4.98 Å². The number of benzene rings is 1. The van der Waals surface area contributed by atoms with E-state index in [9.17, 15) is 0 Å². The predicted octanol–water partition coefficient (Wildman–Crippen LogP) is 2.61. The van der Waals surface area contributed by atoms with Crippen LogP contribution in [0.3, 0.4) is 0 Å². The standard InChI is InChI=1S/C13H11ClN4/c14-7-11-9-18(17-16-11)8-10-5-6-15-13-4-2-1-3-12(10)13/h1-6,9H,7-8H2. The molecule has 1 aromatic carbocycles. The van der Waals surface area contributed by atoms with Gasteiger partial charge in [-0.25, -0.2) is 4.68 Å². The molecule has 4 nitrogen and oxygen atoms in total. The minimum Gasteiger partial charge on any atom is -0.256 e. The maximum absolute atomic E-state index is 5.71. The average molecular weight is 259 g/mol. The summed E-state index contributed by atoms with van der Waals surface area (Å²) >= 11 is 5.71. The summed E-state index contributed by atoms with van der Waals surface area (Å²) in [5.41, 5.74) is 2.95. The van der Waals surface area contributed by atoms with Crippen molar-refractivity contribution in [3.8, 4) is 0 Å². The van der Waals surface area contributed by atoms with Gasteiger partial charge in [-0.15, -0.1) is 16.7 Å². The van der Waals surface area contributed by atoms with E-state index in [1.807, 2.05) is 36.7 Å². The number of fused-ring (bicyclic) bond motifs is 1. The number of para-hydroxylation sites is 1. The highest BCUT2D eigenvalue weighted by Gasteiger charge is 2.04. The SMILES string of the molecule is ClCc1cn(Cc2ccnc3ccccc23)nn1. The fourth-order valence-corrected chi connectivity index (χ4v) is 2.07. The van der Waals surface area contributed by atoms with E-state index in [0.717, 1.165) is 16.6 Å². The van der Waals surface area contributed by atoms with E-state index in [-0.39, 0.29) is 0 Å². The van der Waals surface area contributed by atoms with Crippen LogP contribution in [-0.4, -0.2) is 20.0 Å². The van der Waals surface area contributed by atoms with Gasteiger partial charge in [0.15, 0.2) is 0 Å². The fraction of sp³-hybridized carbons (Fsp3) is 0.154. The van der Waals surface area contributed by atoms with Crippen LogP contribution in [0.5, 0.6) is 0 Å². The van der Waals surface area contributed by atoms with Gasteiger partial charge >= 0.3 is 0 Å². The molecule has 0 saturated carbocycles. The molecule has 0 amide bonds. The Kier molecular flexibility index (Phi) is 2.94. The number of aromatic nitrogens is 4. The minimum atomic E-state index is 0.386. The number of hydrogen-bond acceptors (Lipinski definition) is 3. The smallest absolute Gasteiger partial charge is 0.0974 e. The monoisotopic (exact) mass is 258 g/mol. The van der Waals surface area contributed by atoms with Gasteiger partial charge in [0, 0.05) is 11.6 Å². The van der Waals surface area contributed by atoms with E-state index >= 15 is 0 Å². The topological polar surface area (TPSA) is 43.6 Å².